The zero-order chi connectivity index (χ0) is 17.8. The molecule has 1 rings (SSSR count). The molecule has 0 bridgehead atoms. The van der Waals surface area contributed by atoms with E-state index in [0.29, 0.717) is 6.61 Å². The molecule has 1 aromatic carbocycles. The number of benzene rings is 1. The van der Waals surface area contributed by atoms with E-state index < -0.39 is 0 Å². The molecule has 0 fully saturated rings. The summed E-state index contributed by atoms with van der Waals surface area (Å²) >= 11 is 0. The van der Waals surface area contributed by atoms with Crippen molar-refractivity contribution in [3.05, 3.63) is 35.9 Å². The van der Waals surface area contributed by atoms with Crippen LogP contribution in [0.5, 0.6) is 0 Å². The van der Waals surface area contributed by atoms with E-state index in [-0.39, 0.29) is 6.10 Å². The van der Waals surface area contributed by atoms with E-state index in [0.717, 1.165) is 38.9 Å². The van der Waals surface area contributed by atoms with Crippen molar-refractivity contribution >= 4 is 6.29 Å². The first-order valence-electron chi connectivity index (χ1n) is 8.36. The van der Waals surface area contributed by atoms with Crippen LogP contribution in [0.1, 0.15) is 46.1 Å². The first-order chi connectivity index (χ1) is 11.2. The van der Waals surface area contributed by atoms with Gasteiger partial charge in [0, 0.05) is 26.9 Å². The summed E-state index contributed by atoms with van der Waals surface area (Å²) in [6, 6.07) is 10.2. The van der Waals surface area contributed by atoms with Gasteiger partial charge in [-0.05, 0) is 32.3 Å². The third-order valence-electron chi connectivity index (χ3n) is 2.76. The van der Waals surface area contributed by atoms with E-state index >= 15 is 0 Å². The molecule has 1 aromatic rings. The molecular formula is C19H34O4. The maximum absolute atomic E-state index is 8.81. The van der Waals surface area contributed by atoms with E-state index in [2.05, 4.69) is 12.1 Å². The van der Waals surface area contributed by atoms with Crippen molar-refractivity contribution in [2.75, 3.05) is 26.9 Å². The molecule has 0 unspecified atom stereocenters. The second-order valence-electron chi connectivity index (χ2n) is 4.57. The van der Waals surface area contributed by atoms with Gasteiger partial charge in [0.2, 0.25) is 0 Å². The van der Waals surface area contributed by atoms with Crippen LogP contribution in [0.3, 0.4) is 0 Å². The maximum atomic E-state index is 8.81. The normalized spacial score (nSPS) is 10.7. The molecular weight excluding hydrogens is 292 g/mol. The molecule has 4 heteroatoms. The number of carbonyl (C=O) groups is 1. The molecule has 0 aliphatic rings. The zero-order valence-corrected chi connectivity index (χ0v) is 15.4. The minimum absolute atomic E-state index is 0.277. The lowest BCUT2D eigenvalue weighted by molar-refractivity contribution is -0.106. The Balaban J connectivity index is 0. The minimum atomic E-state index is 0.277. The number of methoxy groups -OCH3 is 1. The molecule has 0 saturated carbocycles. The van der Waals surface area contributed by atoms with Crippen molar-refractivity contribution in [1.29, 1.82) is 0 Å². The molecule has 0 spiro atoms. The van der Waals surface area contributed by atoms with Crippen molar-refractivity contribution in [1.82, 2.24) is 0 Å². The lowest BCUT2D eigenvalue weighted by atomic mass is 10.2. The Morgan fingerprint density at radius 2 is 1.61 bits per heavy atom. The summed E-state index contributed by atoms with van der Waals surface area (Å²) in [5, 5.41) is 0. The molecule has 134 valence electrons. The smallest absolute Gasteiger partial charge is 0.116 e. The van der Waals surface area contributed by atoms with Crippen LogP contribution >= 0.6 is 0 Å². The van der Waals surface area contributed by atoms with Gasteiger partial charge in [-0.3, -0.25) is 0 Å². The Morgan fingerprint density at radius 3 is 2.17 bits per heavy atom. The predicted molar refractivity (Wildman–Crippen MR) is 95.7 cm³/mol. The van der Waals surface area contributed by atoms with E-state index in [9.17, 15) is 0 Å². The first-order valence-corrected chi connectivity index (χ1v) is 8.36. The quantitative estimate of drug-likeness (QED) is 0.476. The largest absolute Gasteiger partial charge is 0.382 e. The van der Waals surface area contributed by atoms with Crippen LogP contribution in [-0.2, 0) is 25.6 Å². The van der Waals surface area contributed by atoms with E-state index in [1.54, 1.807) is 7.11 Å². The highest BCUT2D eigenvalue weighted by Crippen LogP contribution is 2.01. The zero-order valence-electron chi connectivity index (χ0n) is 15.4. The average Bonchev–Trinajstić information content (AvgIpc) is 2.60. The fourth-order valence-electron chi connectivity index (χ4n) is 1.50. The van der Waals surface area contributed by atoms with E-state index in [1.807, 2.05) is 39.0 Å². The van der Waals surface area contributed by atoms with Gasteiger partial charge in [-0.1, -0.05) is 44.2 Å². The molecule has 0 saturated heterocycles. The summed E-state index contributed by atoms with van der Waals surface area (Å²) in [6.45, 7) is 10.4. The molecule has 0 aliphatic carbocycles. The topological polar surface area (TPSA) is 44.8 Å². The summed E-state index contributed by atoms with van der Waals surface area (Å²) in [5.74, 6) is 0. The minimum Gasteiger partial charge on any atom is -0.382 e. The Kier molecular flexibility index (Phi) is 21.7. The van der Waals surface area contributed by atoms with Crippen LogP contribution in [0.15, 0.2) is 30.3 Å². The van der Waals surface area contributed by atoms with Crippen LogP contribution in [0.2, 0.25) is 0 Å². The third kappa shape index (κ3) is 18.7. The Morgan fingerprint density at radius 1 is 1.04 bits per heavy atom. The number of hydrogen-bond acceptors (Lipinski definition) is 4. The molecule has 1 atom stereocenters. The SMILES string of the molecule is CC.CC=O.CO[C@@H](C)CCOCCCOCc1ccccc1. The van der Waals surface area contributed by atoms with E-state index in [4.69, 9.17) is 19.0 Å². The number of carbonyl (C=O) groups excluding carboxylic acids is 1. The van der Waals surface area contributed by atoms with Crippen molar-refractivity contribution in [2.45, 2.75) is 53.2 Å². The summed E-state index contributed by atoms with van der Waals surface area (Å²) in [7, 11) is 1.72. The lowest BCUT2D eigenvalue weighted by Crippen LogP contribution is -2.10. The van der Waals surface area contributed by atoms with Gasteiger partial charge in [0.05, 0.1) is 12.7 Å². The molecule has 0 radical (unpaired) electrons. The summed E-state index contributed by atoms with van der Waals surface area (Å²) in [5.41, 5.74) is 1.22. The molecule has 0 amide bonds. The van der Waals surface area contributed by atoms with Gasteiger partial charge < -0.3 is 19.0 Å². The third-order valence-corrected chi connectivity index (χ3v) is 2.76. The van der Waals surface area contributed by atoms with Gasteiger partial charge in [-0.25, -0.2) is 0 Å². The summed E-state index contributed by atoms with van der Waals surface area (Å²) in [6.07, 6.45) is 2.91. The first kappa shape index (κ1) is 24.0. The Labute approximate surface area is 142 Å². The monoisotopic (exact) mass is 326 g/mol. The molecule has 23 heavy (non-hydrogen) atoms. The Bertz CT molecular complexity index is 327. The molecule has 0 aromatic heterocycles. The lowest BCUT2D eigenvalue weighted by Gasteiger charge is -2.09. The van der Waals surface area contributed by atoms with Crippen LogP contribution in [-0.4, -0.2) is 39.3 Å². The highest BCUT2D eigenvalue weighted by Gasteiger charge is 1.98. The van der Waals surface area contributed by atoms with Crippen LogP contribution in [0.4, 0.5) is 0 Å². The predicted octanol–water partition coefficient (Wildman–Crippen LogP) is 4.27. The van der Waals surface area contributed by atoms with Gasteiger partial charge in [-0.15, -0.1) is 0 Å². The second kappa shape index (κ2) is 20.8. The number of aldehydes is 1. The van der Waals surface area contributed by atoms with Crippen LogP contribution < -0.4 is 0 Å². The standard InChI is InChI=1S/C15H24O3.C2H4O.C2H6/c1-14(16-2)9-12-17-10-6-11-18-13-15-7-4-3-5-8-15;1-2-3;1-2/h3-5,7-8,14H,6,9-13H2,1-2H3;2H,1H3;1-2H3/t14-;;/m0../s1. The van der Waals surface area contributed by atoms with Crippen LogP contribution in [0, 0.1) is 0 Å². The molecule has 0 heterocycles. The fraction of sp³-hybridized carbons (Fsp3) is 0.632. The fourth-order valence-corrected chi connectivity index (χ4v) is 1.50. The highest BCUT2D eigenvalue weighted by atomic mass is 16.5. The van der Waals surface area contributed by atoms with Crippen molar-refractivity contribution in [2.24, 2.45) is 0 Å². The molecule has 0 aliphatic heterocycles. The Hall–Kier alpha value is -1.23. The van der Waals surface area contributed by atoms with Gasteiger partial charge in [0.25, 0.3) is 0 Å². The van der Waals surface area contributed by atoms with Crippen LogP contribution in [0.25, 0.3) is 0 Å². The van der Waals surface area contributed by atoms with Gasteiger partial charge in [-0.2, -0.15) is 0 Å². The number of rotatable bonds is 10. The molecule has 4 nitrogen and oxygen atoms in total. The summed E-state index contributed by atoms with van der Waals surface area (Å²) < 4.78 is 16.2. The van der Waals surface area contributed by atoms with Crippen molar-refractivity contribution < 1.29 is 19.0 Å². The highest BCUT2D eigenvalue weighted by molar-refractivity contribution is 5.44. The number of ether oxygens (including phenoxy) is 3. The number of hydrogen-bond donors (Lipinski definition) is 0. The molecule has 0 N–H and O–H groups in total. The van der Waals surface area contributed by atoms with Crippen molar-refractivity contribution in [3.63, 3.8) is 0 Å². The maximum Gasteiger partial charge on any atom is 0.116 e. The van der Waals surface area contributed by atoms with Crippen molar-refractivity contribution in [3.8, 4) is 0 Å². The van der Waals surface area contributed by atoms with Gasteiger partial charge in [0.1, 0.15) is 6.29 Å². The van der Waals surface area contributed by atoms with Gasteiger partial charge in [0.15, 0.2) is 0 Å². The summed E-state index contributed by atoms with van der Waals surface area (Å²) in [4.78, 5) is 8.81. The average molecular weight is 326 g/mol. The van der Waals surface area contributed by atoms with E-state index in [1.165, 1.54) is 12.5 Å². The second-order valence-corrected chi connectivity index (χ2v) is 4.57. The van der Waals surface area contributed by atoms with Gasteiger partial charge >= 0.3 is 0 Å².